The van der Waals surface area contributed by atoms with Crippen molar-refractivity contribution in [3.05, 3.63) is 84.7 Å². The molecule has 0 aliphatic rings. The number of fused-ring (bicyclic) bond motifs is 1. The minimum Gasteiger partial charge on any atom is -0.383 e. The maximum atomic E-state index is 9.08. The zero-order chi connectivity index (χ0) is 18.5. The van der Waals surface area contributed by atoms with Gasteiger partial charge in [0.1, 0.15) is 5.82 Å². The van der Waals surface area contributed by atoms with E-state index in [1.165, 1.54) is 0 Å². The molecule has 0 aliphatic carbocycles. The monoisotopic (exact) mass is 338 g/mol. The molecule has 0 bridgehead atoms. The van der Waals surface area contributed by atoms with Gasteiger partial charge in [-0.3, -0.25) is 0 Å². The van der Waals surface area contributed by atoms with Gasteiger partial charge in [-0.1, -0.05) is 49.1 Å². The standard InChI is InChI=1S/C22H18N4/c1-3-5-8-16(4-2)22-25-20-11-10-18(13-19(20)21(24)26-22)17-9-6-7-15(12-17)14-23/h3-13H,2H2,1H3,(H2,24,25,26)/b5-3-,16-8+. The zero-order valence-electron chi connectivity index (χ0n) is 14.5. The van der Waals surface area contributed by atoms with Gasteiger partial charge in [-0.2, -0.15) is 5.26 Å². The Balaban J connectivity index is 2.12. The molecule has 3 aromatic rings. The van der Waals surface area contributed by atoms with Crippen molar-refractivity contribution >= 4 is 22.3 Å². The number of hydrogen-bond acceptors (Lipinski definition) is 4. The molecule has 0 fully saturated rings. The van der Waals surface area contributed by atoms with E-state index in [2.05, 4.69) is 22.6 Å². The third kappa shape index (κ3) is 3.38. The van der Waals surface area contributed by atoms with Crippen LogP contribution in [0.3, 0.4) is 0 Å². The van der Waals surface area contributed by atoms with Crippen molar-refractivity contribution in [2.75, 3.05) is 5.73 Å². The van der Waals surface area contributed by atoms with Gasteiger partial charge >= 0.3 is 0 Å². The van der Waals surface area contributed by atoms with Gasteiger partial charge in [0.15, 0.2) is 5.82 Å². The van der Waals surface area contributed by atoms with Gasteiger partial charge in [-0.15, -0.1) is 0 Å². The van der Waals surface area contributed by atoms with E-state index in [1.54, 1.807) is 12.1 Å². The van der Waals surface area contributed by atoms with Gasteiger partial charge < -0.3 is 5.73 Å². The molecule has 0 unspecified atom stereocenters. The van der Waals surface area contributed by atoms with Crippen LogP contribution in [0.25, 0.3) is 27.6 Å². The highest BCUT2D eigenvalue weighted by Crippen LogP contribution is 2.28. The van der Waals surface area contributed by atoms with Gasteiger partial charge in [-0.25, -0.2) is 9.97 Å². The van der Waals surface area contributed by atoms with Crippen LogP contribution >= 0.6 is 0 Å². The summed E-state index contributed by atoms with van der Waals surface area (Å²) in [5.74, 6) is 0.957. The molecule has 3 rings (SSSR count). The molecule has 2 aromatic carbocycles. The van der Waals surface area contributed by atoms with Crippen molar-refractivity contribution in [3.8, 4) is 17.2 Å². The third-order valence-electron chi connectivity index (χ3n) is 4.00. The molecule has 0 atom stereocenters. The number of aromatic nitrogens is 2. The molecule has 4 heteroatoms. The van der Waals surface area contributed by atoms with Crippen molar-refractivity contribution in [2.24, 2.45) is 0 Å². The Morgan fingerprint density at radius 3 is 2.69 bits per heavy atom. The van der Waals surface area contributed by atoms with E-state index in [0.29, 0.717) is 17.2 Å². The SMILES string of the molecule is C=C/C(=C\C=C/C)c1nc(N)c2cc(-c3cccc(C#N)c3)ccc2n1. The fraction of sp³-hybridized carbons (Fsp3) is 0.0455. The summed E-state index contributed by atoms with van der Waals surface area (Å²) in [5, 5.41) is 9.86. The highest BCUT2D eigenvalue weighted by Gasteiger charge is 2.09. The number of hydrogen-bond donors (Lipinski definition) is 1. The lowest BCUT2D eigenvalue weighted by Crippen LogP contribution is -2.00. The predicted octanol–water partition coefficient (Wildman–Crippen LogP) is 4.90. The molecular formula is C22H18N4. The first-order valence-corrected chi connectivity index (χ1v) is 8.20. The Kier molecular flexibility index (Phi) is 4.91. The van der Waals surface area contributed by atoms with E-state index in [-0.39, 0.29) is 0 Å². The molecule has 2 N–H and O–H groups in total. The number of nitriles is 1. The van der Waals surface area contributed by atoms with Crippen LogP contribution < -0.4 is 5.73 Å². The maximum absolute atomic E-state index is 9.08. The lowest BCUT2D eigenvalue weighted by Gasteiger charge is -2.08. The first-order valence-electron chi connectivity index (χ1n) is 8.20. The molecule has 0 amide bonds. The lowest BCUT2D eigenvalue weighted by molar-refractivity contribution is 1.18. The summed E-state index contributed by atoms with van der Waals surface area (Å²) < 4.78 is 0. The molecule has 1 heterocycles. The maximum Gasteiger partial charge on any atom is 0.162 e. The summed E-state index contributed by atoms with van der Waals surface area (Å²) >= 11 is 0. The van der Waals surface area contributed by atoms with Crippen molar-refractivity contribution in [3.63, 3.8) is 0 Å². The van der Waals surface area contributed by atoms with E-state index >= 15 is 0 Å². The lowest BCUT2D eigenvalue weighted by atomic mass is 10.0. The minimum absolute atomic E-state index is 0.413. The third-order valence-corrected chi connectivity index (χ3v) is 4.00. The molecule has 126 valence electrons. The molecule has 0 aliphatic heterocycles. The smallest absolute Gasteiger partial charge is 0.162 e. The van der Waals surface area contributed by atoms with Crippen LogP contribution in [0, 0.1) is 11.3 Å². The molecule has 4 nitrogen and oxygen atoms in total. The largest absolute Gasteiger partial charge is 0.383 e. The topological polar surface area (TPSA) is 75.6 Å². The van der Waals surface area contributed by atoms with Gasteiger partial charge in [0.25, 0.3) is 0 Å². The molecule has 26 heavy (non-hydrogen) atoms. The van der Waals surface area contributed by atoms with Crippen LogP contribution in [0.2, 0.25) is 0 Å². The summed E-state index contributed by atoms with van der Waals surface area (Å²) in [6.07, 6.45) is 7.44. The second-order valence-electron chi connectivity index (χ2n) is 5.71. The molecular weight excluding hydrogens is 320 g/mol. The molecule has 0 saturated carbocycles. The molecule has 1 aromatic heterocycles. The van der Waals surface area contributed by atoms with E-state index in [0.717, 1.165) is 27.6 Å². The summed E-state index contributed by atoms with van der Waals surface area (Å²) in [4.78, 5) is 9.05. The molecule has 0 saturated heterocycles. The number of anilines is 1. The van der Waals surface area contributed by atoms with Crippen LogP contribution in [0.1, 0.15) is 18.3 Å². The Morgan fingerprint density at radius 1 is 1.15 bits per heavy atom. The number of allylic oxidation sites excluding steroid dienone is 5. The van der Waals surface area contributed by atoms with Crippen molar-refractivity contribution in [1.82, 2.24) is 9.97 Å². The average Bonchev–Trinajstić information content (AvgIpc) is 2.68. The quantitative estimate of drug-likeness (QED) is 0.687. The normalized spacial score (nSPS) is 11.6. The van der Waals surface area contributed by atoms with Crippen LogP contribution in [-0.2, 0) is 0 Å². The first-order chi connectivity index (χ1) is 12.7. The van der Waals surface area contributed by atoms with E-state index in [4.69, 9.17) is 11.0 Å². The predicted molar refractivity (Wildman–Crippen MR) is 107 cm³/mol. The van der Waals surface area contributed by atoms with Gasteiger partial charge in [0.05, 0.1) is 17.1 Å². The van der Waals surface area contributed by atoms with E-state index in [9.17, 15) is 0 Å². The van der Waals surface area contributed by atoms with Gasteiger partial charge in [-0.05, 0) is 42.3 Å². The molecule has 0 spiro atoms. The Morgan fingerprint density at radius 2 is 1.96 bits per heavy atom. The van der Waals surface area contributed by atoms with E-state index in [1.807, 2.05) is 61.5 Å². The summed E-state index contributed by atoms with van der Waals surface area (Å²) in [6, 6.07) is 15.5. The number of nitrogen functional groups attached to an aromatic ring is 1. The van der Waals surface area contributed by atoms with Crippen molar-refractivity contribution < 1.29 is 0 Å². The summed E-state index contributed by atoms with van der Waals surface area (Å²) in [5.41, 5.74) is 10.3. The number of benzene rings is 2. The summed E-state index contributed by atoms with van der Waals surface area (Å²) in [6.45, 7) is 5.76. The Labute approximate surface area is 152 Å². The van der Waals surface area contributed by atoms with Gasteiger partial charge in [0.2, 0.25) is 0 Å². The highest BCUT2D eigenvalue weighted by atomic mass is 14.9. The Hall–Kier alpha value is -3.71. The number of nitrogens with two attached hydrogens (primary N) is 1. The zero-order valence-corrected chi connectivity index (χ0v) is 14.5. The fourth-order valence-electron chi connectivity index (χ4n) is 2.66. The van der Waals surface area contributed by atoms with Gasteiger partial charge in [0, 0.05) is 11.0 Å². The van der Waals surface area contributed by atoms with Crippen LogP contribution in [-0.4, -0.2) is 9.97 Å². The second-order valence-corrected chi connectivity index (χ2v) is 5.71. The molecule has 0 radical (unpaired) electrons. The highest BCUT2D eigenvalue weighted by molar-refractivity contribution is 5.93. The van der Waals surface area contributed by atoms with Crippen molar-refractivity contribution in [1.29, 1.82) is 5.26 Å². The summed E-state index contributed by atoms with van der Waals surface area (Å²) in [7, 11) is 0. The Bertz CT molecular complexity index is 1080. The van der Waals surface area contributed by atoms with Crippen LogP contribution in [0.4, 0.5) is 5.82 Å². The fourth-order valence-corrected chi connectivity index (χ4v) is 2.66. The second kappa shape index (κ2) is 7.45. The van der Waals surface area contributed by atoms with Crippen LogP contribution in [0.15, 0.2) is 73.3 Å². The van der Waals surface area contributed by atoms with Crippen LogP contribution in [0.5, 0.6) is 0 Å². The average molecular weight is 338 g/mol. The number of rotatable bonds is 4. The van der Waals surface area contributed by atoms with Crippen molar-refractivity contribution in [2.45, 2.75) is 6.92 Å². The first kappa shape index (κ1) is 17.1. The minimum atomic E-state index is 0.413. The number of nitrogens with zero attached hydrogens (tertiary/aromatic N) is 3. The van der Waals surface area contributed by atoms with E-state index < -0.39 is 0 Å².